The van der Waals surface area contributed by atoms with E-state index < -0.39 is 0 Å². The summed E-state index contributed by atoms with van der Waals surface area (Å²) in [4.78, 5) is 6.90. The van der Waals surface area contributed by atoms with Gasteiger partial charge in [0.1, 0.15) is 5.82 Å². The van der Waals surface area contributed by atoms with E-state index in [2.05, 4.69) is 29.8 Å². The molecule has 0 unspecified atom stereocenters. The van der Waals surface area contributed by atoms with E-state index in [4.69, 9.17) is 0 Å². The second-order valence-electron chi connectivity index (χ2n) is 4.02. The van der Waals surface area contributed by atoms with E-state index in [1.54, 1.807) is 0 Å². The van der Waals surface area contributed by atoms with Gasteiger partial charge >= 0.3 is 0 Å². The number of unbranched alkanes of at least 4 members (excludes halogenated alkanes) is 1. The fraction of sp³-hybridized carbons (Fsp3) is 0.583. The van der Waals surface area contributed by atoms with Crippen LogP contribution in [-0.2, 0) is 6.42 Å². The minimum Gasteiger partial charge on any atom is -0.356 e. The van der Waals surface area contributed by atoms with Gasteiger partial charge in [0.2, 0.25) is 0 Å². The van der Waals surface area contributed by atoms with Crippen LogP contribution < -0.4 is 4.90 Å². The molecule has 0 amide bonds. The molecule has 2 nitrogen and oxygen atoms in total. The first-order valence-corrected chi connectivity index (χ1v) is 5.52. The number of aromatic nitrogens is 1. The Hall–Kier alpha value is -1.05. The van der Waals surface area contributed by atoms with E-state index in [1.165, 1.54) is 42.8 Å². The number of hydrogen-bond donors (Lipinski definition) is 0. The largest absolute Gasteiger partial charge is 0.356 e. The summed E-state index contributed by atoms with van der Waals surface area (Å²) in [6, 6.07) is 2.11. The fourth-order valence-corrected chi connectivity index (χ4v) is 2.08. The molecule has 1 aliphatic rings. The molecule has 0 saturated heterocycles. The van der Waals surface area contributed by atoms with Gasteiger partial charge in [-0.3, -0.25) is 0 Å². The maximum Gasteiger partial charge on any atom is 0.132 e. The molecule has 2 heterocycles. The molecule has 0 spiro atoms. The smallest absolute Gasteiger partial charge is 0.132 e. The maximum atomic E-state index is 4.48. The number of aryl methyl sites for hydroxylation is 1. The van der Waals surface area contributed by atoms with Crippen molar-refractivity contribution in [3.8, 4) is 0 Å². The van der Waals surface area contributed by atoms with E-state index in [-0.39, 0.29) is 0 Å². The monoisotopic (exact) mass is 190 g/mol. The molecule has 1 aromatic heterocycles. The highest BCUT2D eigenvalue weighted by Gasteiger charge is 2.20. The van der Waals surface area contributed by atoms with Gasteiger partial charge in [-0.25, -0.2) is 4.98 Å². The Kier molecular flexibility index (Phi) is 2.71. The van der Waals surface area contributed by atoms with Crippen LogP contribution in [0.4, 0.5) is 5.82 Å². The van der Waals surface area contributed by atoms with E-state index in [0.717, 1.165) is 6.54 Å². The molecule has 0 N–H and O–H groups in total. The van der Waals surface area contributed by atoms with Crippen molar-refractivity contribution >= 4 is 5.82 Å². The van der Waals surface area contributed by atoms with Crippen molar-refractivity contribution in [1.82, 2.24) is 4.98 Å². The Morgan fingerprint density at radius 3 is 3.14 bits per heavy atom. The molecule has 0 bridgehead atoms. The number of fused-ring (bicyclic) bond motifs is 1. The first-order chi connectivity index (χ1) is 6.83. The van der Waals surface area contributed by atoms with Gasteiger partial charge in [0, 0.05) is 19.3 Å². The Bertz CT molecular complexity index is 320. The van der Waals surface area contributed by atoms with Crippen LogP contribution in [-0.4, -0.2) is 18.1 Å². The summed E-state index contributed by atoms with van der Waals surface area (Å²) in [6.07, 6.45) is 5.64. The summed E-state index contributed by atoms with van der Waals surface area (Å²) < 4.78 is 0. The van der Waals surface area contributed by atoms with Crippen LogP contribution in [0.2, 0.25) is 0 Å². The standard InChI is InChI=1S/C12H18N2/c1-3-4-8-14-9-6-11-10(2)5-7-13-12(11)14/h5,7H,3-4,6,8-9H2,1-2H3. The Morgan fingerprint density at radius 1 is 1.50 bits per heavy atom. The number of hydrogen-bond acceptors (Lipinski definition) is 2. The molecule has 76 valence electrons. The van der Waals surface area contributed by atoms with E-state index in [9.17, 15) is 0 Å². The average molecular weight is 190 g/mol. The number of nitrogens with zero attached hydrogens (tertiary/aromatic N) is 2. The van der Waals surface area contributed by atoms with Crippen LogP contribution in [0.1, 0.15) is 30.9 Å². The highest BCUT2D eigenvalue weighted by Crippen LogP contribution is 2.27. The summed E-state index contributed by atoms with van der Waals surface area (Å²) in [5, 5.41) is 0. The molecule has 14 heavy (non-hydrogen) atoms. The van der Waals surface area contributed by atoms with Crippen LogP contribution in [0.15, 0.2) is 12.3 Å². The van der Waals surface area contributed by atoms with Crippen LogP contribution in [0.5, 0.6) is 0 Å². The van der Waals surface area contributed by atoms with Crippen molar-refractivity contribution in [1.29, 1.82) is 0 Å². The molecule has 0 fully saturated rings. The van der Waals surface area contributed by atoms with Gasteiger partial charge in [0.15, 0.2) is 0 Å². The summed E-state index contributed by atoms with van der Waals surface area (Å²) >= 11 is 0. The lowest BCUT2D eigenvalue weighted by molar-refractivity contribution is 0.731. The molecular formula is C12H18N2. The zero-order chi connectivity index (χ0) is 9.97. The van der Waals surface area contributed by atoms with E-state index >= 15 is 0 Å². The number of pyridine rings is 1. The molecule has 0 aliphatic carbocycles. The quantitative estimate of drug-likeness (QED) is 0.728. The minimum atomic E-state index is 1.16. The SMILES string of the molecule is CCCCN1CCc2c(C)ccnc21. The molecule has 0 atom stereocenters. The lowest BCUT2D eigenvalue weighted by Crippen LogP contribution is -2.22. The summed E-state index contributed by atoms with van der Waals surface area (Å²) in [6.45, 7) is 6.75. The van der Waals surface area contributed by atoms with Gasteiger partial charge in [-0.2, -0.15) is 0 Å². The van der Waals surface area contributed by atoms with E-state index in [0.29, 0.717) is 0 Å². The Labute approximate surface area is 86.0 Å². The van der Waals surface area contributed by atoms with Gasteiger partial charge in [-0.1, -0.05) is 13.3 Å². The molecule has 2 heteroatoms. The fourth-order valence-electron chi connectivity index (χ4n) is 2.08. The van der Waals surface area contributed by atoms with Gasteiger partial charge < -0.3 is 4.90 Å². The highest BCUT2D eigenvalue weighted by atomic mass is 15.2. The molecule has 0 aromatic carbocycles. The molecule has 0 saturated carbocycles. The summed E-state index contributed by atoms with van der Waals surface area (Å²) in [7, 11) is 0. The normalized spacial score (nSPS) is 14.6. The van der Waals surface area contributed by atoms with Crippen molar-refractivity contribution in [2.75, 3.05) is 18.0 Å². The molecule has 2 rings (SSSR count). The third kappa shape index (κ3) is 1.61. The Balaban J connectivity index is 2.18. The van der Waals surface area contributed by atoms with Crippen molar-refractivity contribution in [2.24, 2.45) is 0 Å². The van der Waals surface area contributed by atoms with Crippen LogP contribution in [0, 0.1) is 6.92 Å². The van der Waals surface area contributed by atoms with Gasteiger partial charge in [0.05, 0.1) is 0 Å². The lowest BCUT2D eigenvalue weighted by Gasteiger charge is -2.17. The van der Waals surface area contributed by atoms with Gasteiger partial charge in [-0.15, -0.1) is 0 Å². The first kappa shape index (κ1) is 9.50. The third-order valence-electron chi connectivity index (χ3n) is 2.98. The van der Waals surface area contributed by atoms with Crippen molar-refractivity contribution in [2.45, 2.75) is 33.1 Å². The second-order valence-corrected chi connectivity index (χ2v) is 4.02. The maximum absolute atomic E-state index is 4.48. The average Bonchev–Trinajstić information content (AvgIpc) is 2.60. The topological polar surface area (TPSA) is 16.1 Å². The van der Waals surface area contributed by atoms with Crippen molar-refractivity contribution in [3.63, 3.8) is 0 Å². The molecular weight excluding hydrogens is 172 g/mol. The minimum absolute atomic E-state index is 1.16. The third-order valence-corrected chi connectivity index (χ3v) is 2.98. The van der Waals surface area contributed by atoms with Crippen LogP contribution in [0.3, 0.4) is 0 Å². The lowest BCUT2D eigenvalue weighted by atomic mass is 10.1. The van der Waals surface area contributed by atoms with Crippen molar-refractivity contribution < 1.29 is 0 Å². The van der Waals surface area contributed by atoms with Gasteiger partial charge in [-0.05, 0) is 37.0 Å². The van der Waals surface area contributed by atoms with Crippen LogP contribution >= 0.6 is 0 Å². The summed E-state index contributed by atoms with van der Waals surface area (Å²) in [5.41, 5.74) is 2.86. The zero-order valence-electron chi connectivity index (χ0n) is 9.08. The Morgan fingerprint density at radius 2 is 2.36 bits per heavy atom. The van der Waals surface area contributed by atoms with Crippen LogP contribution in [0.25, 0.3) is 0 Å². The predicted molar refractivity (Wildman–Crippen MR) is 59.8 cm³/mol. The molecule has 1 aromatic rings. The second kappa shape index (κ2) is 3.99. The molecule has 1 aliphatic heterocycles. The van der Waals surface area contributed by atoms with Crippen molar-refractivity contribution in [3.05, 3.63) is 23.4 Å². The van der Waals surface area contributed by atoms with Gasteiger partial charge in [0.25, 0.3) is 0 Å². The zero-order valence-corrected chi connectivity index (χ0v) is 9.08. The number of rotatable bonds is 3. The first-order valence-electron chi connectivity index (χ1n) is 5.52. The summed E-state index contributed by atoms with van der Waals surface area (Å²) in [5.74, 6) is 1.23. The molecule has 0 radical (unpaired) electrons. The highest BCUT2D eigenvalue weighted by molar-refractivity contribution is 5.54. The predicted octanol–water partition coefficient (Wildman–Crippen LogP) is 2.55. The number of anilines is 1. The van der Waals surface area contributed by atoms with E-state index in [1.807, 2.05) is 6.20 Å².